The molecule has 0 aliphatic heterocycles. The van der Waals surface area contributed by atoms with Crippen molar-refractivity contribution in [2.45, 2.75) is 18.4 Å². The van der Waals surface area contributed by atoms with E-state index in [1.165, 1.54) is 30.3 Å². The Balaban J connectivity index is 1.95. The zero-order valence-corrected chi connectivity index (χ0v) is 17.5. The van der Waals surface area contributed by atoms with Crippen LogP contribution in [0.25, 0.3) is 6.08 Å². The van der Waals surface area contributed by atoms with Crippen molar-refractivity contribution in [3.05, 3.63) is 99.2 Å². The van der Waals surface area contributed by atoms with Gasteiger partial charge < -0.3 is 4.74 Å². The number of ether oxygens (including phenoxy) is 1. The highest BCUT2D eigenvalue weighted by atomic mass is 35.5. The second kappa shape index (κ2) is 9.12. The fourth-order valence-corrected chi connectivity index (χ4v) is 4.08. The lowest BCUT2D eigenvalue weighted by atomic mass is 10.2. The van der Waals surface area contributed by atoms with Crippen LogP contribution in [0.3, 0.4) is 0 Å². The zero-order chi connectivity index (χ0) is 21.7. The summed E-state index contributed by atoms with van der Waals surface area (Å²) in [4.78, 5) is -0.399. The Hall–Kier alpha value is -3.14. The van der Waals surface area contributed by atoms with Crippen LogP contribution in [-0.2, 0) is 16.4 Å². The molecule has 0 saturated carbocycles. The Morgan fingerprint density at radius 3 is 2.47 bits per heavy atom. The minimum absolute atomic E-state index is 0.0254. The predicted molar refractivity (Wildman–Crippen MR) is 114 cm³/mol. The summed E-state index contributed by atoms with van der Waals surface area (Å²) in [5, 5.41) is 9.73. The van der Waals surface area contributed by atoms with Gasteiger partial charge in [0.25, 0.3) is 0 Å². The molecule has 0 unspecified atom stereocenters. The van der Waals surface area contributed by atoms with Crippen molar-refractivity contribution in [3.8, 4) is 11.8 Å². The normalized spacial score (nSPS) is 11.7. The first-order valence-electron chi connectivity index (χ1n) is 8.91. The highest BCUT2D eigenvalue weighted by Gasteiger charge is 2.21. The lowest BCUT2D eigenvalue weighted by Gasteiger charge is -2.11. The number of benzene rings is 3. The van der Waals surface area contributed by atoms with Gasteiger partial charge >= 0.3 is 0 Å². The lowest BCUT2D eigenvalue weighted by Crippen LogP contribution is -2.04. The van der Waals surface area contributed by atoms with Crippen LogP contribution in [0.4, 0.5) is 4.39 Å². The van der Waals surface area contributed by atoms with Gasteiger partial charge in [-0.1, -0.05) is 53.6 Å². The molecule has 0 atom stereocenters. The zero-order valence-electron chi connectivity index (χ0n) is 16.0. The van der Waals surface area contributed by atoms with Crippen LogP contribution in [0.15, 0.2) is 76.5 Å². The minimum Gasteiger partial charge on any atom is -0.488 e. The molecule has 3 rings (SSSR count). The van der Waals surface area contributed by atoms with E-state index in [0.717, 1.165) is 5.56 Å². The molecule has 3 aromatic carbocycles. The maximum absolute atomic E-state index is 14.0. The Morgan fingerprint density at radius 1 is 1.10 bits per heavy atom. The van der Waals surface area contributed by atoms with Crippen LogP contribution < -0.4 is 4.74 Å². The van der Waals surface area contributed by atoms with E-state index in [2.05, 4.69) is 0 Å². The SMILES string of the molecule is Cc1ccc(S(=O)(=O)/C(C#N)=C/c2ccccc2OCc2c(F)cccc2Cl)cc1. The third kappa shape index (κ3) is 4.70. The van der Waals surface area contributed by atoms with E-state index in [0.29, 0.717) is 11.3 Å². The Morgan fingerprint density at radius 2 is 1.80 bits per heavy atom. The summed E-state index contributed by atoms with van der Waals surface area (Å²) >= 11 is 6.03. The molecule has 0 aliphatic carbocycles. The third-order valence-electron chi connectivity index (χ3n) is 4.37. The highest BCUT2D eigenvalue weighted by molar-refractivity contribution is 7.95. The molecule has 0 aromatic heterocycles. The summed E-state index contributed by atoms with van der Waals surface area (Å²) in [5.74, 6) is -0.209. The quantitative estimate of drug-likeness (QED) is 0.460. The molecular formula is C23H17ClFNO3S. The Labute approximate surface area is 179 Å². The van der Waals surface area contributed by atoms with Crippen molar-refractivity contribution in [2.24, 2.45) is 0 Å². The first-order chi connectivity index (χ1) is 14.3. The average Bonchev–Trinajstić information content (AvgIpc) is 2.72. The first-order valence-corrected chi connectivity index (χ1v) is 10.8. The van der Waals surface area contributed by atoms with Crippen molar-refractivity contribution in [3.63, 3.8) is 0 Å². The first kappa shape index (κ1) is 21.6. The van der Waals surface area contributed by atoms with Gasteiger partial charge in [-0.25, -0.2) is 12.8 Å². The van der Waals surface area contributed by atoms with E-state index in [9.17, 15) is 18.1 Å². The van der Waals surface area contributed by atoms with Gasteiger partial charge in [-0.3, -0.25) is 0 Å². The number of aryl methyl sites for hydroxylation is 1. The monoisotopic (exact) mass is 441 g/mol. The maximum atomic E-state index is 14.0. The van der Waals surface area contributed by atoms with Gasteiger partial charge in [0.15, 0.2) is 0 Å². The summed E-state index contributed by atoms with van der Waals surface area (Å²) in [5.41, 5.74) is 1.46. The highest BCUT2D eigenvalue weighted by Crippen LogP contribution is 2.28. The third-order valence-corrected chi connectivity index (χ3v) is 6.41. The Kier molecular flexibility index (Phi) is 6.56. The molecule has 0 spiro atoms. The molecule has 0 fully saturated rings. The molecule has 0 heterocycles. The summed E-state index contributed by atoms with van der Waals surface area (Å²) in [6, 6.07) is 18.9. The number of nitrogens with zero attached hydrogens (tertiary/aromatic N) is 1. The molecule has 30 heavy (non-hydrogen) atoms. The minimum atomic E-state index is -4.00. The van der Waals surface area contributed by atoms with Crippen molar-refractivity contribution >= 4 is 27.5 Å². The van der Waals surface area contributed by atoms with Gasteiger partial charge in [0.2, 0.25) is 9.84 Å². The fourth-order valence-electron chi connectivity index (χ4n) is 2.71. The van der Waals surface area contributed by atoms with Gasteiger partial charge in [0, 0.05) is 11.1 Å². The summed E-state index contributed by atoms with van der Waals surface area (Å²) in [6.45, 7) is 1.69. The summed E-state index contributed by atoms with van der Waals surface area (Å²) < 4.78 is 45.4. The second-order valence-electron chi connectivity index (χ2n) is 6.46. The van der Waals surface area contributed by atoms with Gasteiger partial charge in [-0.15, -0.1) is 0 Å². The van der Waals surface area contributed by atoms with Crippen LogP contribution in [0.1, 0.15) is 16.7 Å². The van der Waals surface area contributed by atoms with E-state index in [-0.39, 0.29) is 22.1 Å². The smallest absolute Gasteiger partial charge is 0.216 e. The van der Waals surface area contributed by atoms with Gasteiger partial charge in [-0.2, -0.15) is 5.26 Å². The Bertz CT molecular complexity index is 1230. The topological polar surface area (TPSA) is 67.2 Å². The molecule has 0 N–H and O–H groups in total. The van der Waals surface area contributed by atoms with Crippen LogP contribution >= 0.6 is 11.6 Å². The summed E-state index contributed by atoms with van der Waals surface area (Å²) in [7, 11) is -4.00. The van der Waals surface area contributed by atoms with Crippen molar-refractivity contribution in [2.75, 3.05) is 0 Å². The van der Waals surface area contributed by atoms with Crippen LogP contribution in [0.2, 0.25) is 5.02 Å². The molecule has 7 heteroatoms. The van der Waals surface area contributed by atoms with E-state index < -0.39 is 20.6 Å². The van der Waals surface area contributed by atoms with E-state index in [4.69, 9.17) is 16.3 Å². The molecule has 0 radical (unpaired) electrons. The number of para-hydroxylation sites is 1. The van der Waals surface area contributed by atoms with Crippen molar-refractivity contribution in [1.82, 2.24) is 0 Å². The molecule has 0 aliphatic rings. The van der Waals surface area contributed by atoms with Crippen LogP contribution in [-0.4, -0.2) is 8.42 Å². The number of allylic oxidation sites excluding steroid dienone is 1. The standard InChI is InChI=1S/C23H17ClFNO3S/c1-16-9-11-18(12-10-16)30(27,28)19(14-26)13-17-5-2-3-8-23(17)29-15-20-21(24)6-4-7-22(20)25/h2-13H,15H2,1H3/b19-13+. The van der Waals surface area contributed by atoms with Crippen LogP contribution in [0, 0.1) is 24.1 Å². The summed E-state index contributed by atoms with van der Waals surface area (Å²) in [6.07, 6.45) is 1.24. The maximum Gasteiger partial charge on any atom is 0.216 e. The number of nitriles is 1. The number of sulfone groups is 1. The molecule has 3 aromatic rings. The molecule has 152 valence electrons. The van der Waals surface area contributed by atoms with Crippen molar-refractivity contribution < 1.29 is 17.5 Å². The predicted octanol–water partition coefficient (Wildman–Crippen LogP) is 5.70. The van der Waals surface area contributed by atoms with E-state index >= 15 is 0 Å². The van der Waals surface area contributed by atoms with Gasteiger partial charge in [-0.05, 0) is 43.3 Å². The number of halogens is 2. The molecule has 4 nitrogen and oxygen atoms in total. The fraction of sp³-hybridized carbons (Fsp3) is 0.0870. The molecule has 0 bridgehead atoms. The number of hydrogen-bond acceptors (Lipinski definition) is 4. The van der Waals surface area contributed by atoms with Gasteiger partial charge in [0.1, 0.15) is 29.1 Å². The van der Waals surface area contributed by atoms with Gasteiger partial charge in [0.05, 0.1) is 9.92 Å². The number of rotatable bonds is 6. The van der Waals surface area contributed by atoms with E-state index in [1.54, 1.807) is 48.5 Å². The lowest BCUT2D eigenvalue weighted by molar-refractivity contribution is 0.299. The molecule has 0 amide bonds. The number of hydrogen-bond donors (Lipinski definition) is 0. The van der Waals surface area contributed by atoms with E-state index in [1.807, 2.05) is 6.92 Å². The largest absolute Gasteiger partial charge is 0.488 e. The second-order valence-corrected chi connectivity index (χ2v) is 8.79. The average molecular weight is 442 g/mol. The van der Waals surface area contributed by atoms with Crippen molar-refractivity contribution in [1.29, 1.82) is 5.26 Å². The van der Waals surface area contributed by atoms with Crippen LogP contribution in [0.5, 0.6) is 5.75 Å². The molecule has 0 saturated heterocycles. The molecular weight excluding hydrogens is 425 g/mol.